The Hall–Kier alpha value is -3.18. The van der Waals surface area contributed by atoms with Crippen molar-refractivity contribution in [3.05, 3.63) is 97.2 Å². The molecule has 1 atom stereocenters. The molecule has 0 amide bonds. The van der Waals surface area contributed by atoms with Crippen molar-refractivity contribution in [2.45, 2.75) is 174 Å². The van der Waals surface area contributed by atoms with Crippen molar-refractivity contribution in [1.82, 2.24) is 0 Å². The lowest BCUT2D eigenvalue weighted by Gasteiger charge is -2.15. The van der Waals surface area contributed by atoms with Crippen molar-refractivity contribution in [1.29, 1.82) is 0 Å². The van der Waals surface area contributed by atoms with Crippen LogP contribution in [0.15, 0.2) is 97.2 Å². The molecule has 1 N–H and O–H groups in total. The summed E-state index contributed by atoms with van der Waals surface area (Å²) in [7, 11) is 0. The molecule has 0 saturated carbocycles. The molecular formula is C47H76O5. The van der Waals surface area contributed by atoms with Crippen LogP contribution in [0.1, 0.15) is 168 Å². The summed E-state index contributed by atoms with van der Waals surface area (Å²) in [5.41, 5.74) is 0. The number of rotatable bonds is 36. The van der Waals surface area contributed by atoms with E-state index in [0.717, 1.165) is 89.9 Å². The summed E-state index contributed by atoms with van der Waals surface area (Å²) < 4.78 is 10.6. The Bertz CT molecular complexity index is 1040. The first kappa shape index (κ1) is 48.8. The molecule has 52 heavy (non-hydrogen) atoms. The predicted octanol–water partition coefficient (Wildman–Crippen LogP) is 13.3. The fourth-order valence-corrected chi connectivity index (χ4v) is 5.27. The van der Waals surface area contributed by atoms with Crippen LogP contribution in [0.4, 0.5) is 0 Å². The van der Waals surface area contributed by atoms with E-state index >= 15 is 0 Å². The number of allylic oxidation sites excluding steroid dienone is 16. The van der Waals surface area contributed by atoms with Crippen LogP contribution < -0.4 is 0 Å². The van der Waals surface area contributed by atoms with E-state index in [2.05, 4.69) is 111 Å². The lowest BCUT2D eigenvalue weighted by molar-refractivity contribution is -0.161. The van der Waals surface area contributed by atoms with Gasteiger partial charge in [0.05, 0.1) is 6.61 Å². The zero-order valence-corrected chi connectivity index (χ0v) is 33.3. The average molecular weight is 721 g/mol. The molecule has 0 aliphatic heterocycles. The summed E-state index contributed by atoms with van der Waals surface area (Å²) in [4.78, 5) is 24.2. The number of aliphatic hydroxyl groups excluding tert-OH is 1. The highest BCUT2D eigenvalue weighted by atomic mass is 16.6. The second-order valence-electron chi connectivity index (χ2n) is 13.3. The van der Waals surface area contributed by atoms with Gasteiger partial charge in [-0.05, 0) is 77.0 Å². The number of ether oxygens (including phenoxy) is 2. The molecule has 0 rings (SSSR count). The van der Waals surface area contributed by atoms with Crippen LogP contribution in [0.5, 0.6) is 0 Å². The third-order valence-corrected chi connectivity index (χ3v) is 8.39. The summed E-state index contributed by atoms with van der Waals surface area (Å²) in [5, 5.41) is 9.54. The molecule has 0 heterocycles. The average Bonchev–Trinajstić information content (AvgIpc) is 3.15. The summed E-state index contributed by atoms with van der Waals surface area (Å²) in [6.07, 6.45) is 59.0. The number of unbranched alkanes of at least 4 members (excludes halogenated alkanes) is 12. The van der Waals surface area contributed by atoms with Gasteiger partial charge in [-0.15, -0.1) is 0 Å². The Morgan fingerprint density at radius 2 is 0.827 bits per heavy atom. The maximum atomic E-state index is 12.2. The Labute approximate surface area is 319 Å². The molecule has 0 spiro atoms. The minimum Gasteiger partial charge on any atom is -0.462 e. The maximum Gasteiger partial charge on any atom is 0.306 e. The zero-order chi connectivity index (χ0) is 37.8. The Morgan fingerprint density at radius 1 is 0.462 bits per heavy atom. The van der Waals surface area contributed by atoms with Crippen LogP contribution in [0.3, 0.4) is 0 Å². The number of aliphatic hydroxyl groups is 1. The molecule has 0 fully saturated rings. The molecule has 0 bridgehead atoms. The van der Waals surface area contributed by atoms with Gasteiger partial charge in [0.15, 0.2) is 6.10 Å². The van der Waals surface area contributed by atoms with Crippen molar-refractivity contribution in [2.24, 2.45) is 0 Å². The molecule has 5 nitrogen and oxygen atoms in total. The van der Waals surface area contributed by atoms with Crippen LogP contribution in [0.2, 0.25) is 0 Å². The second-order valence-corrected chi connectivity index (χ2v) is 13.3. The van der Waals surface area contributed by atoms with Crippen molar-refractivity contribution in [3.8, 4) is 0 Å². The minimum absolute atomic E-state index is 0.0878. The van der Waals surface area contributed by atoms with Gasteiger partial charge in [0.25, 0.3) is 0 Å². The molecule has 0 radical (unpaired) electrons. The SMILES string of the molecule is CC/C=C\C/C=C\C/C=C\C/C=C\C/C=C\C/C=C\C/C=C\C/C=C\CCCCC(=O)OC(CO)COC(=O)CCCCCCCCCCCCC. The van der Waals surface area contributed by atoms with E-state index in [1.54, 1.807) is 0 Å². The van der Waals surface area contributed by atoms with Gasteiger partial charge in [-0.2, -0.15) is 0 Å². The first-order chi connectivity index (χ1) is 25.6. The highest BCUT2D eigenvalue weighted by Gasteiger charge is 2.16. The predicted molar refractivity (Wildman–Crippen MR) is 223 cm³/mol. The van der Waals surface area contributed by atoms with E-state index in [4.69, 9.17) is 9.47 Å². The van der Waals surface area contributed by atoms with Crippen molar-refractivity contribution in [2.75, 3.05) is 13.2 Å². The fraction of sp³-hybridized carbons (Fsp3) is 0.617. The molecule has 0 aliphatic carbocycles. The molecule has 294 valence electrons. The van der Waals surface area contributed by atoms with E-state index in [-0.39, 0.29) is 25.2 Å². The topological polar surface area (TPSA) is 72.8 Å². The van der Waals surface area contributed by atoms with Crippen molar-refractivity contribution < 1.29 is 24.2 Å². The number of carbonyl (C=O) groups is 2. The third kappa shape index (κ3) is 39.6. The Morgan fingerprint density at radius 3 is 1.25 bits per heavy atom. The second kappa shape index (κ2) is 42.2. The number of carbonyl (C=O) groups excluding carboxylic acids is 2. The largest absolute Gasteiger partial charge is 0.462 e. The molecule has 5 heteroatoms. The monoisotopic (exact) mass is 721 g/mol. The van der Waals surface area contributed by atoms with Crippen molar-refractivity contribution >= 4 is 11.9 Å². The van der Waals surface area contributed by atoms with Crippen LogP contribution in [0.25, 0.3) is 0 Å². The lowest BCUT2D eigenvalue weighted by atomic mass is 10.1. The molecular weight excluding hydrogens is 645 g/mol. The van der Waals surface area contributed by atoms with Gasteiger partial charge in [-0.1, -0.05) is 175 Å². The van der Waals surface area contributed by atoms with E-state index in [1.165, 1.54) is 51.4 Å². The highest BCUT2D eigenvalue weighted by Crippen LogP contribution is 2.12. The molecule has 0 aromatic heterocycles. The third-order valence-electron chi connectivity index (χ3n) is 8.39. The number of hydrogen-bond acceptors (Lipinski definition) is 5. The smallest absolute Gasteiger partial charge is 0.306 e. The summed E-state index contributed by atoms with van der Waals surface area (Å²) in [6, 6.07) is 0. The first-order valence-corrected chi connectivity index (χ1v) is 20.8. The van der Waals surface area contributed by atoms with Gasteiger partial charge in [-0.3, -0.25) is 9.59 Å². The van der Waals surface area contributed by atoms with Gasteiger partial charge < -0.3 is 14.6 Å². The van der Waals surface area contributed by atoms with Gasteiger partial charge >= 0.3 is 11.9 Å². The highest BCUT2D eigenvalue weighted by molar-refractivity contribution is 5.70. The molecule has 0 aliphatic rings. The van der Waals surface area contributed by atoms with Crippen LogP contribution in [-0.4, -0.2) is 36.4 Å². The van der Waals surface area contributed by atoms with Crippen LogP contribution in [0, 0.1) is 0 Å². The van der Waals surface area contributed by atoms with E-state index in [0.29, 0.717) is 12.8 Å². The van der Waals surface area contributed by atoms with Crippen molar-refractivity contribution in [3.63, 3.8) is 0 Å². The minimum atomic E-state index is -0.798. The standard InChI is InChI=1S/C47H76O5/c1-3-5-7-9-11-13-15-16-17-18-19-20-21-22-23-24-25-26-27-28-29-30-32-34-36-38-40-42-47(50)52-45(43-48)44-51-46(49)41-39-37-35-33-31-14-12-10-8-6-4-2/h5,7,11,13,16-17,19-20,22-23,25-26,28-29,32,34,45,48H,3-4,6,8-10,12,14-15,18,21,24,27,30-31,33,35-44H2,1-2H3/b7-5-,13-11-,17-16-,20-19-,23-22-,26-25-,29-28-,34-32-. The normalized spacial score (nSPS) is 13.2. The van der Waals surface area contributed by atoms with E-state index < -0.39 is 6.10 Å². The van der Waals surface area contributed by atoms with Gasteiger partial charge in [0.2, 0.25) is 0 Å². The summed E-state index contributed by atoms with van der Waals surface area (Å²) in [6.45, 7) is 3.96. The molecule has 0 saturated heterocycles. The summed E-state index contributed by atoms with van der Waals surface area (Å²) in [5.74, 6) is -0.650. The molecule has 1 unspecified atom stereocenters. The Balaban J connectivity index is 3.71. The van der Waals surface area contributed by atoms with Crippen LogP contribution in [-0.2, 0) is 19.1 Å². The fourth-order valence-electron chi connectivity index (χ4n) is 5.27. The summed E-state index contributed by atoms with van der Waals surface area (Å²) >= 11 is 0. The van der Waals surface area contributed by atoms with Gasteiger partial charge in [-0.25, -0.2) is 0 Å². The van der Waals surface area contributed by atoms with Gasteiger partial charge in [0.1, 0.15) is 6.61 Å². The maximum absolute atomic E-state index is 12.2. The quantitative estimate of drug-likeness (QED) is 0.0396. The zero-order valence-electron chi connectivity index (χ0n) is 33.3. The lowest BCUT2D eigenvalue weighted by Crippen LogP contribution is -2.28. The Kier molecular flexibility index (Phi) is 39.7. The van der Waals surface area contributed by atoms with Gasteiger partial charge in [0, 0.05) is 12.8 Å². The number of esters is 2. The van der Waals surface area contributed by atoms with E-state index in [9.17, 15) is 14.7 Å². The molecule has 0 aromatic rings. The van der Waals surface area contributed by atoms with Crippen LogP contribution >= 0.6 is 0 Å². The first-order valence-electron chi connectivity index (χ1n) is 20.8. The van der Waals surface area contributed by atoms with E-state index in [1.807, 2.05) is 0 Å². The molecule has 0 aromatic carbocycles. The number of hydrogen-bond donors (Lipinski definition) is 1.